The first-order chi connectivity index (χ1) is 16.1. The van der Waals surface area contributed by atoms with E-state index < -0.39 is 0 Å². The predicted molar refractivity (Wildman–Crippen MR) is 132 cm³/mol. The van der Waals surface area contributed by atoms with E-state index in [9.17, 15) is 9.59 Å². The van der Waals surface area contributed by atoms with E-state index in [1.807, 2.05) is 24.3 Å². The van der Waals surface area contributed by atoms with E-state index in [2.05, 4.69) is 26.2 Å². The molecule has 1 saturated carbocycles. The molecule has 2 fully saturated rings. The van der Waals surface area contributed by atoms with Gasteiger partial charge in [-0.25, -0.2) is 4.79 Å². The first-order valence-corrected chi connectivity index (χ1v) is 12.6. The van der Waals surface area contributed by atoms with Crippen LogP contribution in [0.1, 0.15) is 48.9 Å². The monoisotopic (exact) mass is 514 g/mol. The standard InChI is InChI=1S/C25H31BrN4O3/c26-21-16-22(18-27-17-21)28-25(32)30-12-10-29(11-13-30)24(31)20-7-4-8-23(15-20)33-14-9-19-5-2-1-3-6-19/h4,7-8,15-19H,1-3,5-6,9-14H2,(H,28,32). The molecule has 4 rings (SSSR count). The number of ether oxygens (including phenoxy) is 1. The van der Waals surface area contributed by atoms with Crippen LogP contribution < -0.4 is 10.1 Å². The van der Waals surface area contributed by atoms with Crippen LogP contribution in [0.4, 0.5) is 10.5 Å². The Morgan fingerprint density at radius 1 is 1.03 bits per heavy atom. The molecule has 7 nitrogen and oxygen atoms in total. The maximum absolute atomic E-state index is 13.0. The number of pyridine rings is 1. The normalized spacial score (nSPS) is 17.0. The lowest BCUT2D eigenvalue weighted by atomic mass is 9.87. The summed E-state index contributed by atoms with van der Waals surface area (Å²) < 4.78 is 6.76. The summed E-state index contributed by atoms with van der Waals surface area (Å²) in [6, 6.07) is 9.07. The number of benzene rings is 1. The van der Waals surface area contributed by atoms with Gasteiger partial charge in [0.15, 0.2) is 0 Å². The maximum atomic E-state index is 13.0. The summed E-state index contributed by atoms with van der Waals surface area (Å²) in [5.41, 5.74) is 1.26. The van der Waals surface area contributed by atoms with Crippen molar-refractivity contribution in [3.05, 3.63) is 52.8 Å². The highest BCUT2D eigenvalue weighted by Gasteiger charge is 2.25. The lowest BCUT2D eigenvalue weighted by molar-refractivity contribution is 0.0671. The van der Waals surface area contributed by atoms with E-state index >= 15 is 0 Å². The van der Waals surface area contributed by atoms with Crippen molar-refractivity contribution < 1.29 is 14.3 Å². The number of anilines is 1. The van der Waals surface area contributed by atoms with Crippen LogP contribution in [0, 0.1) is 5.92 Å². The number of hydrogen-bond acceptors (Lipinski definition) is 4. The predicted octanol–water partition coefficient (Wildman–Crippen LogP) is 5.18. The number of nitrogens with zero attached hydrogens (tertiary/aromatic N) is 3. The largest absolute Gasteiger partial charge is 0.494 e. The number of rotatable bonds is 6. The number of carbonyl (C=O) groups is 2. The van der Waals surface area contributed by atoms with Crippen LogP contribution in [-0.4, -0.2) is 59.5 Å². The van der Waals surface area contributed by atoms with Crippen LogP contribution in [0.5, 0.6) is 5.75 Å². The van der Waals surface area contributed by atoms with Gasteiger partial charge in [0, 0.05) is 42.4 Å². The van der Waals surface area contributed by atoms with Gasteiger partial charge in [0.1, 0.15) is 5.75 Å². The van der Waals surface area contributed by atoms with E-state index in [4.69, 9.17) is 4.74 Å². The summed E-state index contributed by atoms with van der Waals surface area (Å²) in [6.07, 6.45) is 11.0. The van der Waals surface area contributed by atoms with Gasteiger partial charge in [-0.15, -0.1) is 0 Å². The molecule has 2 heterocycles. The van der Waals surface area contributed by atoms with E-state index in [0.717, 1.165) is 22.6 Å². The molecule has 33 heavy (non-hydrogen) atoms. The molecular weight excluding hydrogens is 484 g/mol. The SMILES string of the molecule is O=C(Nc1cncc(Br)c1)N1CCN(C(=O)c2cccc(OCCC3CCCCC3)c2)CC1. The molecule has 1 aliphatic carbocycles. The fraction of sp³-hybridized carbons (Fsp3) is 0.480. The van der Waals surface area contributed by atoms with Crippen molar-refractivity contribution in [2.75, 3.05) is 38.1 Å². The molecule has 0 radical (unpaired) electrons. The molecule has 1 aromatic carbocycles. The molecule has 1 N–H and O–H groups in total. The van der Waals surface area contributed by atoms with Crippen LogP contribution in [0.2, 0.25) is 0 Å². The molecule has 1 aromatic heterocycles. The van der Waals surface area contributed by atoms with Crippen molar-refractivity contribution in [3.8, 4) is 5.75 Å². The van der Waals surface area contributed by atoms with Gasteiger partial charge < -0.3 is 19.9 Å². The summed E-state index contributed by atoms with van der Waals surface area (Å²) >= 11 is 3.35. The second-order valence-electron chi connectivity index (χ2n) is 8.77. The molecule has 1 saturated heterocycles. The van der Waals surface area contributed by atoms with E-state index in [1.54, 1.807) is 28.3 Å². The minimum Gasteiger partial charge on any atom is -0.494 e. The van der Waals surface area contributed by atoms with Crippen molar-refractivity contribution in [2.24, 2.45) is 5.92 Å². The molecule has 3 amide bonds. The highest BCUT2D eigenvalue weighted by atomic mass is 79.9. The van der Waals surface area contributed by atoms with Crippen LogP contribution in [0.15, 0.2) is 47.2 Å². The molecule has 2 aromatic rings. The summed E-state index contributed by atoms with van der Waals surface area (Å²) in [5.74, 6) is 1.50. The quantitative estimate of drug-likeness (QED) is 0.575. The maximum Gasteiger partial charge on any atom is 0.322 e. The van der Waals surface area contributed by atoms with Crippen LogP contribution in [0.3, 0.4) is 0 Å². The van der Waals surface area contributed by atoms with Crippen molar-refractivity contribution >= 4 is 33.6 Å². The van der Waals surface area contributed by atoms with Gasteiger partial charge in [-0.2, -0.15) is 0 Å². The zero-order chi connectivity index (χ0) is 23.0. The Balaban J connectivity index is 1.25. The van der Waals surface area contributed by atoms with Gasteiger partial charge in [-0.3, -0.25) is 9.78 Å². The number of urea groups is 1. The topological polar surface area (TPSA) is 74.8 Å². The summed E-state index contributed by atoms with van der Waals surface area (Å²) in [6.45, 7) is 2.66. The summed E-state index contributed by atoms with van der Waals surface area (Å²) in [4.78, 5) is 33.1. The number of nitrogens with one attached hydrogen (secondary N) is 1. The lowest BCUT2D eigenvalue weighted by Crippen LogP contribution is -2.51. The van der Waals surface area contributed by atoms with Gasteiger partial charge in [-0.05, 0) is 52.5 Å². The Labute approximate surface area is 203 Å². The number of halogens is 1. The molecule has 0 atom stereocenters. The number of aromatic nitrogens is 1. The number of hydrogen-bond donors (Lipinski definition) is 1. The Hall–Kier alpha value is -2.61. The second kappa shape index (κ2) is 11.5. The third kappa shape index (κ3) is 6.69. The van der Waals surface area contributed by atoms with E-state index in [0.29, 0.717) is 44.0 Å². The van der Waals surface area contributed by atoms with Crippen molar-refractivity contribution in [3.63, 3.8) is 0 Å². The highest BCUT2D eigenvalue weighted by molar-refractivity contribution is 9.10. The average molecular weight is 515 g/mol. The van der Waals surface area contributed by atoms with Crippen LogP contribution in [-0.2, 0) is 0 Å². The van der Waals surface area contributed by atoms with E-state index in [1.165, 1.54) is 32.1 Å². The minimum absolute atomic E-state index is 0.0241. The van der Waals surface area contributed by atoms with Crippen molar-refractivity contribution in [1.29, 1.82) is 0 Å². The Morgan fingerprint density at radius 2 is 1.79 bits per heavy atom. The third-order valence-corrected chi connectivity index (χ3v) is 6.84. The molecule has 0 unspecified atom stereocenters. The molecular formula is C25H31BrN4O3. The van der Waals surface area contributed by atoms with Gasteiger partial charge in [-0.1, -0.05) is 38.2 Å². The Bertz CT molecular complexity index is 956. The van der Waals surface area contributed by atoms with Crippen molar-refractivity contribution in [1.82, 2.24) is 14.8 Å². The second-order valence-corrected chi connectivity index (χ2v) is 9.69. The van der Waals surface area contributed by atoms with Crippen LogP contribution in [0.25, 0.3) is 0 Å². The number of piperazine rings is 1. The average Bonchev–Trinajstić information content (AvgIpc) is 2.84. The van der Waals surface area contributed by atoms with Gasteiger partial charge in [0.25, 0.3) is 5.91 Å². The van der Waals surface area contributed by atoms with Gasteiger partial charge in [0.2, 0.25) is 0 Å². The first kappa shape index (κ1) is 23.5. The van der Waals surface area contributed by atoms with Gasteiger partial charge in [0.05, 0.1) is 18.5 Å². The lowest BCUT2D eigenvalue weighted by Gasteiger charge is -2.34. The Kier molecular flexibility index (Phi) is 8.20. The fourth-order valence-electron chi connectivity index (χ4n) is 4.52. The van der Waals surface area contributed by atoms with Gasteiger partial charge >= 0.3 is 6.03 Å². The molecule has 1 aliphatic heterocycles. The smallest absolute Gasteiger partial charge is 0.322 e. The first-order valence-electron chi connectivity index (χ1n) is 11.8. The summed E-state index contributed by atoms with van der Waals surface area (Å²) in [7, 11) is 0. The van der Waals surface area contributed by atoms with Crippen LogP contribution >= 0.6 is 15.9 Å². The molecule has 2 aliphatic rings. The number of carbonyl (C=O) groups excluding carboxylic acids is 2. The molecule has 0 spiro atoms. The third-order valence-electron chi connectivity index (χ3n) is 6.41. The fourth-order valence-corrected chi connectivity index (χ4v) is 4.88. The van der Waals surface area contributed by atoms with E-state index in [-0.39, 0.29) is 11.9 Å². The number of amides is 3. The molecule has 8 heteroatoms. The minimum atomic E-state index is -0.185. The van der Waals surface area contributed by atoms with Crippen molar-refractivity contribution in [2.45, 2.75) is 38.5 Å². The zero-order valence-electron chi connectivity index (χ0n) is 18.8. The zero-order valence-corrected chi connectivity index (χ0v) is 20.4. The molecule has 0 bridgehead atoms. The molecule has 176 valence electrons. The summed E-state index contributed by atoms with van der Waals surface area (Å²) in [5, 5.41) is 2.85. The highest BCUT2D eigenvalue weighted by Crippen LogP contribution is 2.26. The Morgan fingerprint density at radius 3 is 2.55 bits per heavy atom.